The summed E-state index contributed by atoms with van der Waals surface area (Å²) in [5.74, 6) is -2.42. The number of carboxylic acid groups (broad SMARTS) is 1. The van der Waals surface area contributed by atoms with Crippen molar-refractivity contribution in [2.24, 2.45) is 5.73 Å². The molecule has 0 saturated heterocycles. The van der Waals surface area contributed by atoms with Crippen LogP contribution in [0.5, 0.6) is 0 Å². The van der Waals surface area contributed by atoms with Gasteiger partial charge in [-0.25, -0.2) is 4.57 Å². The van der Waals surface area contributed by atoms with Gasteiger partial charge in [0, 0.05) is 12.8 Å². The standard InChI is InChI=1S/C44H76NO10P/c1-3-5-7-9-11-13-15-17-18-19-20-21-22-24-26-28-30-32-34-36-43(47)55-40(38-53-56(50,51)54-39-41(45)44(48)49)37-52-42(46)35-33-31-29-27-25-23-16-14-12-10-8-6-4-2/h5,7,11,13,17-18,20-21,24,26,40-41H,3-4,6,8-10,12,14-16,19,22-23,25,27-39,45H2,1-2H3,(H,48,49)(H,50,51)/b7-5-,13-11-,18-17-,21-20-,26-24-. The molecule has 0 radical (unpaired) electrons. The zero-order chi connectivity index (χ0) is 41.4. The Hall–Kier alpha value is -2.82. The summed E-state index contributed by atoms with van der Waals surface area (Å²) < 4.78 is 32.6. The minimum atomic E-state index is -4.72. The predicted molar refractivity (Wildman–Crippen MR) is 226 cm³/mol. The van der Waals surface area contributed by atoms with E-state index in [1.54, 1.807) is 0 Å². The van der Waals surface area contributed by atoms with E-state index in [0.717, 1.165) is 70.6 Å². The summed E-state index contributed by atoms with van der Waals surface area (Å²) in [6.07, 6.45) is 44.3. The first kappa shape index (κ1) is 53.2. The van der Waals surface area contributed by atoms with Crippen molar-refractivity contribution in [1.29, 1.82) is 0 Å². The van der Waals surface area contributed by atoms with Crippen LogP contribution in [0.25, 0.3) is 0 Å². The Morgan fingerprint density at radius 1 is 0.571 bits per heavy atom. The number of phosphoric acid groups is 1. The summed E-state index contributed by atoms with van der Waals surface area (Å²) >= 11 is 0. The lowest BCUT2D eigenvalue weighted by molar-refractivity contribution is -0.161. The molecule has 0 bridgehead atoms. The molecule has 0 aromatic heterocycles. The maximum atomic E-state index is 12.6. The highest BCUT2D eigenvalue weighted by Crippen LogP contribution is 2.43. The van der Waals surface area contributed by atoms with Crippen molar-refractivity contribution in [3.05, 3.63) is 60.8 Å². The van der Waals surface area contributed by atoms with Crippen molar-refractivity contribution in [2.75, 3.05) is 19.8 Å². The summed E-state index contributed by atoms with van der Waals surface area (Å²) in [7, 11) is -4.72. The number of aliphatic carboxylic acids is 1. The molecule has 0 aromatic carbocycles. The molecule has 322 valence electrons. The number of hydrogen-bond donors (Lipinski definition) is 3. The van der Waals surface area contributed by atoms with Gasteiger partial charge in [0.25, 0.3) is 0 Å². The molecule has 3 atom stereocenters. The summed E-state index contributed by atoms with van der Waals surface area (Å²) in [4.78, 5) is 45.9. The van der Waals surface area contributed by atoms with Gasteiger partial charge in [0.05, 0.1) is 13.2 Å². The number of unbranched alkanes of at least 4 members (excludes halogenated alkanes) is 15. The number of hydrogen-bond acceptors (Lipinski definition) is 9. The van der Waals surface area contributed by atoms with Crippen LogP contribution >= 0.6 is 7.82 Å². The number of ether oxygens (including phenoxy) is 2. The van der Waals surface area contributed by atoms with Gasteiger partial charge in [0.15, 0.2) is 6.10 Å². The van der Waals surface area contributed by atoms with Gasteiger partial charge in [-0.15, -0.1) is 0 Å². The number of nitrogens with two attached hydrogens (primary N) is 1. The number of carbonyl (C=O) groups excluding carboxylic acids is 2. The van der Waals surface area contributed by atoms with Crippen molar-refractivity contribution in [3.8, 4) is 0 Å². The van der Waals surface area contributed by atoms with Gasteiger partial charge < -0.3 is 25.2 Å². The summed E-state index contributed by atoms with van der Waals surface area (Å²) in [6.45, 7) is 2.64. The lowest BCUT2D eigenvalue weighted by atomic mass is 10.0. The normalized spacial score (nSPS) is 14.4. The van der Waals surface area contributed by atoms with Gasteiger partial charge in [0.1, 0.15) is 12.6 Å². The third-order valence-electron chi connectivity index (χ3n) is 8.78. The summed E-state index contributed by atoms with van der Waals surface area (Å²) in [5.41, 5.74) is 5.33. The topological polar surface area (TPSA) is 172 Å². The maximum absolute atomic E-state index is 12.6. The van der Waals surface area contributed by atoms with Gasteiger partial charge in [0.2, 0.25) is 0 Å². The number of carboxylic acids is 1. The Morgan fingerprint density at radius 3 is 1.50 bits per heavy atom. The van der Waals surface area contributed by atoms with Gasteiger partial charge in [-0.3, -0.25) is 23.4 Å². The molecule has 12 heteroatoms. The van der Waals surface area contributed by atoms with Gasteiger partial charge in [-0.05, 0) is 57.8 Å². The number of esters is 2. The molecule has 11 nitrogen and oxygen atoms in total. The molecule has 0 aliphatic carbocycles. The zero-order valence-electron chi connectivity index (χ0n) is 34.7. The molecular formula is C44H76NO10P. The van der Waals surface area contributed by atoms with Gasteiger partial charge in [-0.1, -0.05) is 158 Å². The Bertz CT molecular complexity index is 1180. The molecule has 0 aliphatic rings. The van der Waals surface area contributed by atoms with E-state index in [9.17, 15) is 23.8 Å². The minimum Gasteiger partial charge on any atom is -0.480 e. The fraction of sp³-hybridized carbons (Fsp3) is 0.705. The highest BCUT2D eigenvalue weighted by Gasteiger charge is 2.28. The van der Waals surface area contributed by atoms with Crippen LogP contribution in [0.1, 0.15) is 168 Å². The SMILES string of the molecule is CC/C=C\C/C=C\C/C=C\C/C=C\C/C=C\CCCCCC(=O)OC(COC(=O)CCCCCCCCCCCCCCC)COP(=O)(O)OCC(N)C(=O)O. The number of carbonyl (C=O) groups is 3. The Kier molecular flexibility index (Phi) is 37.1. The van der Waals surface area contributed by atoms with Crippen molar-refractivity contribution in [1.82, 2.24) is 0 Å². The highest BCUT2D eigenvalue weighted by molar-refractivity contribution is 7.47. The van der Waals surface area contributed by atoms with E-state index < -0.39 is 51.1 Å². The lowest BCUT2D eigenvalue weighted by Crippen LogP contribution is -2.34. The Morgan fingerprint density at radius 2 is 1.00 bits per heavy atom. The van der Waals surface area contributed by atoms with E-state index in [-0.39, 0.29) is 19.4 Å². The monoisotopic (exact) mass is 810 g/mol. The predicted octanol–water partition coefficient (Wildman–Crippen LogP) is 11.2. The molecule has 0 amide bonds. The Labute approximate surface area is 338 Å². The van der Waals surface area contributed by atoms with Crippen LogP contribution in [0.15, 0.2) is 60.8 Å². The van der Waals surface area contributed by atoms with Crippen LogP contribution in [0.2, 0.25) is 0 Å². The smallest absolute Gasteiger partial charge is 0.472 e. The van der Waals surface area contributed by atoms with Crippen molar-refractivity contribution in [3.63, 3.8) is 0 Å². The van der Waals surface area contributed by atoms with Crippen molar-refractivity contribution >= 4 is 25.7 Å². The molecular weight excluding hydrogens is 733 g/mol. The summed E-state index contributed by atoms with van der Waals surface area (Å²) in [6, 6.07) is -1.53. The number of rotatable bonds is 39. The third-order valence-corrected chi connectivity index (χ3v) is 9.73. The largest absolute Gasteiger partial charge is 0.480 e. The van der Waals surface area contributed by atoms with Crippen LogP contribution in [0.3, 0.4) is 0 Å². The van der Waals surface area contributed by atoms with Crippen LogP contribution in [-0.2, 0) is 37.5 Å². The second-order valence-electron chi connectivity index (χ2n) is 14.1. The van der Waals surface area contributed by atoms with E-state index in [0.29, 0.717) is 12.8 Å². The second kappa shape index (κ2) is 39.0. The van der Waals surface area contributed by atoms with Crippen LogP contribution in [-0.4, -0.2) is 59.9 Å². The first-order chi connectivity index (χ1) is 27.1. The molecule has 4 N–H and O–H groups in total. The molecule has 0 rings (SSSR count). The molecule has 0 spiro atoms. The van der Waals surface area contributed by atoms with Crippen LogP contribution in [0, 0.1) is 0 Å². The second-order valence-corrected chi connectivity index (χ2v) is 15.6. The molecule has 0 fully saturated rings. The molecule has 3 unspecified atom stereocenters. The van der Waals surface area contributed by atoms with E-state index in [2.05, 4.69) is 79.1 Å². The molecule has 0 aromatic rings. The molecule has 0 aliphatic heterocycles. The van der Waals surface area contributed by atoms with Crippen molar-refractivity contribution in [2.45, 2.75) is 180 Å². The minimum absolute atomic E-state index is 0.121. The van der Waals surface area contributed by atoms with Gasteiger partial charge in [-0.2, -0.15) is 0 Å². The molecule has 56 heavy (non-hydrogen) atoms. The fourth-order valence-corrected chi connectivity index (χ4v) is 6.22. The van der Waals surface area contributed by atoms with E-state index >= 15 is 0 Å². The van der Waals surface area contributed by atoms with Crippen molar-refractivity contribution < 1.29 is 47.5 Å². The number of allylic oxidation sites excluding steroid dienone is 10. The average Bonchev–Trinajstić information content (AvgIpc) is 3.17. The third kappa shape index (κ3) is 38.1. The highest BCUT2D eigenvalue weighted by atomic mass is 31.2. The average molecular weight is 810 g/mol. The zero-order valence-corrected chi connectivity index (χ0v) is 35.6. The first-order valence-corrected chi connectivity index (χ1v) is 22.8. The van der Waals surface area contributed by atoms with E-state index in [1.807, 2.05) is 0 Å². The van der Waals surface area contributed by atoms with E-state index in [4.69, 9.17) is 24.8 Å². The summed E-state index contributed by atoms with van der Waals surface area (Å²) in [5, 5.41) is 8.88. The molecule has 0 heterocycles. The number of phosphoric ester groups is 1. The van der Waals surface area contributed by atoms with Gasteiger partial charge >= 0.3 is 25.7 Å². The fourth-order valence-electron chi connectivity index (χ4n) is 5.44. The Balaban J connectivity index is 4.45. The van der Waals surface area contributed by atoms with E-state index in [1.165, 1.54) is 57.8 Å². The molecule has 0 saturated carbocycles. The van der Waals surface area contributed by atoms with Crippen LogP contribution < -0.4 is 5.73 Å². The first-order valence-electron chi connectivity index (χ1n) is 21.3. The maximum Gasteiger partial charge on any atom is 0.472 e. The lowest BCUT2D eigenvalue weighted by Gasteiger charge is -2.20. The quantitative estimate of drug-likeness (QED) is 0.0233. The van der Waals surface area contributed by atoms with Crippen LogP contribution in [0.4, 0.5) is 0 Å².